The molecule has 2 rings (SSSR count). The van der Waals surface area contributed by atoms with E-state index in [0.29, 0.717) is 16.3 Å². The Morgan fingerprint density at radius 3 is 2.71 bits per heavy atom. The summed E-state index contributed by atoms with van der Waals surface area (Å²) in [7, 11) is 0. The highest BCUT2D eigenvalue weighted by Gasteiger charge is 2.05. The molecule has 0 radical (unpaired) electrons. The molecule has 1 aromatic heterocycles. The second kappa shape index (κ2) is 5.25. The van der Waals surface area contributed by atoms with Crippen molar-refractivity contribution in [3.05, 3.63) is 51.7 Å². The van der Waals surface area contributed by atoms with Crippen LogP contribution in [0.2, 0.25) is 10.0 Å². The van der Waals surface area contributed by atoms with Gasteiger partial charge in [0.25, 0.3) is 5.95 Å². The lowest BCUT2D eigenvalue weighted by Gasteiger charge is -2.05. The molecule has 0 saturated carbocycles. The first-order valence-corrected chi connectivity index (χ1v) is 5.56. The molecule has 5 heteroatoms. The predicted molar refractivity (Wildman–Crippen MR) is 64.9 cm³/mol. The molecule has 0 unspecified atom stereocenters. The van der Waals surface area contributed by atoms with Gasteiger partial charge in [-0.3, -0.25) is 4.79 Å². The highest BCUT2D eigenvalue weighted by atomic mass is 35.5. The Hall–Kier alpha value is -1.45. The first-order chi connectivity index (χ1) is 8.19. The number of furan rings is 1. The van der Waals surface area contributed by atoms with Crippen LogP contribution in [-0.4, -0.2) is 6.29 Å². The molecule has 0 N–H and O–H groups in total. The average molecular weight is 271 g/mol. The van der Waals surface area contributed by atoms with Crippen molar-refractivity contribution >= 4 is 29.5 Å². The number of carbonyl (C=O) groups excluding carboxylic acids is 1. The lowest BCUT2D eigenvalue weighted by molar-refractivity contribution is 0.109. The summed E-state index contributed by atoms with van der Waals surface area (Å²) in [6.07, 6.45) is 0.613. The van der Waals surface area contributed by atoms with Gasteiger partial charge in [0.05, 0.1) is 0 Å². The van der Waals surface area contributed by atoms with Crippen LogP contribution in [0.25, 0.3) is 0 Å². The summed E-state index contributed by atoms with van der Waals surface area (Å²) in [6.45, 7) is 0.252. The van der Waals surface area contributed by atoms with E-state index in [2.05, 4.69) is 0 Å². The Labute approximate surface area is 108 Å². The van der Waals surface area contributed by atoms with Crippen molar-refractivity contribution in [3.8, 4) is 5.95 Å². The second-order valence-electron chi connectivity index (χ2n) is 3.30. The standard InChI is InChI=1S/C12H8Cl2O3/c13-9-2-1-8(11(14)5-9)7-16-12-4-3-10(6-15)17-12/h1-6H,7H2. The highest BCUT2D eigenvalue weighted by Crippen LogP contribution is 2.23. The van der Waals surface area contributed by atoms with Crippen molar-refractivity contribution in [2.75, 3.05) is 0 Å². The third-order valence-electron chi connectivity index (χ3n) is 2.10. The minimum Gasteiger partial charge on any atom is -0.460 e. The van der Waals surface area contributed by atoms with Gasteiger partial charge in [0.15, 0.2) is 12.0 Å². The van der Waals surface area contributed by atoms with E-state index in [1.165, 1.54) is 6.07 Å². The maximum Gasteiger partial charge on any atom is 0.285 e. The highest BCUT2D eigenvalue weighted by molar-refractivity contribution is 6.35. The predicted octanol–water partition coefficient (Wildman–Crippen LogP) is 3.98. The minimum absolute atomic E-state index is 0.224. The third kappa shape index (κ3) is 3.02. The maximum absolute atomic E-state index is 10.4. The SMILES string of the molecule is O=Cc1ccc(OCc2ccc(Cl)cc2Cl)o1. The number of rotatable bonds is 4. The summed E-state index contributed by atoms with van der Waals surface area (Å²) in [6, 6.07) is 8.25. The molecular formula is C12H8Cl2O3. The fourth-order valence-electron chi connectivity index (χ4n) is 1.26. The van der Waals surface area contributed by atoms with Gasteiger partial charge in [-0.05, 0) is 18.2 Å². The van der Waals surface area contributed by atoms with Gasteiger partial charge in [0, 0.05) is 21.7 Å². The monoisotopic (exact) mass is 270 g/mol. The molecule has 2 aromatic rings. The molecule has 0 aliphatic heterocycles. The van der Waals surface area contributed by atoms with E-state index >= 15 is 0 Å². The zero-order valence-corrected chi connectivity index (χ0v) is 10.2. The lowest BCUT2D eigenvalue weighted by atomic mass is 10.2. The quantitative estimate of drug-likeness (QED) is 0.789. The first kappa shape index (κ1) is 12.0. The van der Waals surface area contributed by atoms with E-state index in [-0.39, 0.29) is 18.3 Å². The Bertz CT molecular complexity index is 534. The van der Waals surface area contributed by atoms with Crippen LogP contribution < -0.4 is 4.74 Å². The Morgan fingerprint density at radius 1 is 1.24 bits per heavy atom. The zero-order chi connectivity index (χ0) is 12.3. The normalized spacial score (nSPS) is 10.2. The van der Waals surface area contributed by atoms with Crippen molar-refractivity contribution < 1.29 is 13.9 Å². The van der Waals surface area contributed by atoms with E-state index < -0.39 is 0 Å². The summed E-state index contributed by atoms with van der Waals surface area (Å²) in [4.78, 5) is 10.4. The number of halogens is 2. The van der Waals surface area contributed by atoms with Crippen LogP contribution in [0.1, 0.15) is 16.1 Å². The second-order valence-corrected chi connectivity index (χ2v) is 4.14. The van der Waals surface area contributed by atoms with Crippen molar-refractivity contribution in [1.82, 2.24) is 0 Å². The van der Waals surface area contributed by atoms with Gasteiger partial charge in [-0.2, -0.15) is 0 Å². The first-order valence-electron chi connectivity index (χ1n) is 4.81. The fourth-order valence-corrected chi connectivity index (χ4v) is 1.73. The molecule has 1 heterocycles. The Kier molecular flexibility index (Phi) is 3.71. The van der Waals surface area contributed by atoms with Crippen molar-refractivity contribution in [2.45, 2.75) is 6.61 Å². The zero-order valence-electron chi connectivity index (χ0n) is 8.65. The number of hydrogen-bond donors (Lipinski definition) is 0. The van der Waals surface area contributed by atoms with Gasteiger partial charge in [0.1, 0.15) is 6.61 Å². The van der Waals surface area contributed by atoms with Crippen molar-refractivity contribution in [3.63, 3.8) is 0 Å². The Morgan fingerprint density at radius 2 is 2.06 bits per heavy atom. The van der Waals surface area contributed by atoms with Gasteiger partial charge in [-0.25, -0.2) is 0 Å². The Balaban J connectivity index is 2.04. The summed E-state index contributed by atoms with van der Waals surface area (Å²) in [5.41, 5.74) is 0.792. The maximum atomic E-state index is 10.4. The van der Waals surface area contributed by atoms with E-state index in [1.807, 2.05) is 0 Å². The third-order valence-corrected chi connectivity index (χ3v) is 2.69. The van der Waals surface area contributed by atoms with Crippen molar-refractivity contribution in [1.29, 1.82) is 0 Å². The van der Waals surface area contributed by atoms with Gasteiger partial charge >= 0.3 is 0 Å². The van der Waals surface area contributed by atoms with Crippen LogP contribution >= 0.6 is 23.2 Å². The number of aldehydes is 1. The molecular weight excluding hydrogens is 263 g/mol. The van der Waals surface area contributed by atoms with Gasteiger partial charge < -0.3 is 9.15 Å². The molecule has 0 aliphatic carbocycles. The molecule has 1 aromatic carbocycles. The molecule has 0 atom stereocenters. The largest absolute Gasteiger partial charge is 0.460 e. The van der Waals surface area contributed by atoms with Crippen LogP contribution in [0.3, 0.4) is 0 Å². The smallest absolute Gasteiger partial charge is 0.285 e. The van der Waals surface area contributed by atoms with Crippen LogP contribution in [0.5, 0.6) is 5.95 Å². The minimum atomic E-state index is 0.224. The van der Waals surface area contributed by atoms with E-state index in [9.17, 15) is 4.79 Å². The van der Waals surface area contributed by atoms with Gasteiger partial charge in [-0.1, -0.05) is 29.3 Å². The average Bonchev–Trinajstić information content (AvgIpc) is 2.76. The molecule has 0 saturated heterocycles. The molecule has 0 bridgehead atoms. The number of ether oxygens (including phenoxy) is 1. The van der Waals surface area contributed by atoms with E-state index in [4.69, 9.17) is 32.4 Å². The van der Waals surface area contributed by atoms with Crippen LogP contribution in [0.4, 0.5) is 0 Å². The number of carbonyl (C=O) groups is 1. The van der Waals surface area contributed by atoms with Crippen LogP contribution in [0, 0.1) is 0 Å². The summed E-state index contributed by atoms with van der Waals surface area (Å²) < 4.78 is 10.4. The van der Waals surface area contributed by atoms with E-state index in [1.54, 1.807) is 24.3 Å². The van der Waals surface area contributed by atoms with Gasteiger partial charge in [-0.15, -0.1) is 0 Å². The molecule has 0 fully saturated rings. The van der Waals surface area contributed by atoms with Crippen molar-refractivity contribution in [2.24, 2.45) is 0 Å². The number of benzene rings is 1. The molecule has 0 amide bonds. The molecule has 0 aliphatic rings. The summed E-state index contributed by atoms with van der Waals surface area (Å²) in [5.74, 6) is 0.500. The molecule has 88 valence electrons. The van der Waals surface area contributed by atoms with Crippen LogP contribution in [0.15, 0.2) is 34.7 Å². The molecule has 3 nitrogen and oxygen atoms in total. The van der Waals surface area contributed by atoms with Gasteiger partial charge in [0.2, 0.25) is 0 Å². The molecule has 17 heavy (non-hydrogen) atoms. The summed E-state index contributed by atoms with van der Waals surface area (Å²) in [5, 5.41) is 1.10. The van der Waals surface area contributed by atoms with Crippen LogP contribution in [-0.2, 0) is 6.61 Å². The summed E-state index contributed by atoms with van der Waals surface area (Å²) >= 11 is 11.8. The lowest BCUT2D eigenvalue weighted by Crippen LogP contribution is -1.95. The fraction of sp³-hybridized carbons (Fsp3) is 0.0833. The topological polar surface area (TPSA) is 39.4 Å². The van der Waals surface area contributed by atoms with E-state index in [0.717, 1.165) is 5.56 Å². The molecule has 0 spiro atoms. The number of hydrogen-bond acceptors (Lipinski definition) is 3.